The molecular formula is C36H42N3O2+. The summed E-state index contributed by atoms with van der Waals surface area (Å²) >= 11 is 0. The molecule has 0 spiro atoms. The van der Waals surface area contributed by atoms with Gasteiger partial charge in [-0.3, -0.25) is 4.48 Å². The molecule has 0 amide bonds. The van der Waals surface area contributed by atoms with Gasteiger partial charge in [0.2, 0.25) is 5.88 Å². The molecule has 0 aliphatic carbocycles. The van der Waals surface area contributed by atoms with Crippen LogP contribution >= 0.6 is 0 Å². The maximum atomic E-state index is 8.47. The average Bonchev–Trinajstić information content (AvgIpc) is 3.33. The van der Waals surface area contributed by atoms with Crippen molar-refractivity contribution in [2.45, 2.75) is 66.2 Å². The van der Waals surface area contributed by atoms with Gasteiger partial charge in [-0.15, -0.1) is 0 Å². The summed E-state index contributed by atoms with van der Waals surface area (Å²) in [6.07, 6.45) is 1.77. The highest BCUT2D eigenvalue weighted by Gasteiger charge is 2.59. The highest BCUT2D eigenvalue weighted by Crippen LogP contribution is 2.61. The van der Waals surface area contributed by atoms with E-state index < -0.39 is 6.98 Å². The minimum Gasteiger partial charge on any atom is -0.457 e. The minimum absolute atomic E-state index is 0.0168. The molecule has 1 saturated heterocycles. The Morgan fingerprint density at radius 3 is 2.07 bits per heavy atom. The van der Waals surface area contributed by atoms with Crippen LogP contribution in [0.15, 0.2) is 72.9 Å². The van der Waals surface area contributed by atoms with Gasteiger partial charge in [-0.25, -0.2) is 4.98 Å². The van der Waals surface area contributed by atoms with E-state index in [-0.39, 0.29) is 15.3 Å². The van der Waals surface area contributed by atoms with Gasteiger partial charge >= 0.3 is 0 Å². The van der Waals surface area contributed by atoms with Crippen molar-refractivity contribution in [3.05, 3.63) is 102 Å². The second kappa shape index (κ2) is 9.17. The van der Waals surface area contributed by atoms with Crippen LogP contribution in [0, 0.1) is 20.5 Å². The van der Waals surface area contributed by atoms with Crippen molar-refractivity contribution in [3.8, 4) is 23.1 Å². The topological polar surface area (TPSA) is 31.4 Å². The molecule has 3 aliphatic heterocycles. The van der Waals surface area contributed by atoms with Gasteiger partial charge in [0.15, 0.2) is 18.0 Å². The number of quaternary nitrogens is 2. The normalized spacial score (nSPS) is 22.7. The molecule has 212 valence electrons. The fourth-order valence-electron chi connectivity index (χ4n) is 5.75. The Morgan fingerprint density at radius 2 is 1.41 bits per heavy atom. The molecule has 7 rings (SSSR count). The maximum absolute atomic E-state index is 8.47. The van der Waals surface area contributed by atoms with Gasteiger partial charge in [-0.1, -0.05) is 47.6 Å². The molecular weight excluding hydrogens is 506 g/mol. The molecule has 0 saturated carbocycles. The van der Waals surface area contributed by atoms with Crippen LogP contribution in [0.4, 0.5) is 17.1 Å². The number of aryl methyl sites for hydroxylation is 2. The van der Waals surface area contributed by atoms with E-state index >= 15 is 0 Å². The van der Waals surface area contributed by atoms with Crippen LogP contribution in [0.5, 0.6) is 23.1 Å². The summed E-state index contributed by atoms with van der Waals surface area (Å²) in [5.41, 5.74) is 7.18. The second-order valence-corrected chi connectivity index (χ2v) is 13.7. The van der Waals surface area contributed by atoms with Crippen molar-refractivity contribution >= 4 is 17.1 Å². The largest absolute Gasteiger partial charge is 0.457 e. The molecule has 0 N–H and O–H groups in total. The lowest BCUT2D eigenvalue weighted by Crippen LogP contribution is -2.68. The zero-order valence-corrected chi connectivity index (χ0v) is 25.4. The molecule has 1 fully saturated rings. The summed E-state index contributed by atoms with van der Waals surface area (Å²) in [5, 5.41) is 0. The lowest BCUT2D eigenvalue weighted by atomic mass is 9.86. The van der Waals surface area contributed by atoms with E-state index in [1.807, 2.05) is 56.1 Å². The first-order valence-electron chi connectivity index (χ1n) is 15.7. The predicted molar refractivity (Wildman–Crippen MR) is 169 cm³/mol. The highest BCUT2D eigenvalue weighted by atomic mass is 16.5. The molecule has 2 bridgehead atoms. The highest BCUT2D eigenvalue weighted by molar-refractivity contribution is 5.85. The molecule has 0 radical (unpaired) electrons. The molecule has 1 aromatic heterocycles. The van der Waals surface area contributed by atoms with Crippen LogP contribution in [-0.4, -0.2) is 18.6 Å². The predicted octanol–water partition coefficient (Wildman–Crippen LogP) is 9.56. The third-order valence-electron chi connectivity index (χ3n) is 8.37. The number of pyridine rings is 1. The van der Waals surface area contributed by atoms with E-state index in [2.05, 4.69) is 77.7 Å². The standard InChI is InChI=1S/C36H42N3O2/c1-24-15-32-33(16-25(24)2)39(22-38(32,9)23-39)28-17-27(36(6,7)8)18-31(20-28)40-29-11-10-12-30(21-29)41-34-19-26(13-14-37-34)35(3,4)5/h10-22H,23H2,1-9H3/q+1/t38-,39+/m0/s1/i9D3. The smallest absolute Gasteiger partial charge is 0.219 e. The van der Waals surface area contributed by atoms with E-state index in [0.29, 0.717) is 34.3 Å². The van der Waals surface area contributed by atoms with Gasteiger partial charge in [0.1, 0.15) is 22.9 Å². The van der Waals surface area contributed by atoms with Gasteiger partial charge in [0.05, 0.1) is 17.8 Å². The third kappa shape index (κ3) is 4.81. The van der Waals surface area contributed by atoms with Crippen molar-refractivity contribution < 1.29 is 13.6 Å². The van der Waals surface area contributed by atoms with Gasteiger partial charge in [-0.2, -0.15) is 0 Å². The van der Waals surface area contributed by atoms with E-state index in [0.717, 1.165) is 39.3 Å². The van der Waals surface area contributed by atoms with Crippen LogP contribution in [0.2, 0.25) is 0 Å². The first-order valence-corrected chi connectivity index (χ1v) is 14.2. The Balaban J connectivity index is 1.37. The molecule has 5 nitrogen and oxygen atoms in total. The third-order valence-corrected chi connectivity index (χ3v) is 8.37. The Hall–Kier alpha value is -3.67. The second-order valence-electron chi connectivity index (χ2n) is 13.7. The Bertz CT molecular complexity index is 1760. The van der Waals surface area contributed by atoms with Crippen molar-refractivity contribution in [3.63, 3.8) is 0 Å². The lowest BCUT2D eigenvalue weighted by molar-refractivity contribution is 0.157. The van der Waals surface area contributed by atoms with Gasteiger partial charge in [0, 0.05) is 42.6 Å². The van der Waals surface area contributed by atoms with Crippen molar-refractivity contribution in [2.24, 2.45) is 0 Å². The fraction of sp³-hybridized carbons (Fsp3) is 0.333. The summed E-state index contributed by atoms with van der Waals surface area (Å²) in [6, 6.07) is 22.1. The van der Waals surface area contributed by atoms with Crippen molar-refractivity contribution in [1.29, 1.82) is 0 Å². The molecule has 2 atom stereocenters. The average molecular weight is 552 g/mol. The Morgan fingerprint density at radius 1 is 0.756 bits per heavy atom. The van der Waals surface area contributed by atoms with E-state index in [4.69, 9.17) is 13.6 Å². The molecule has 0 unspecified atom stereocenters. The van der Waals surface area contributed by atoms with Gasteiger partial charge < -0.3 is 14.0 Å². The van der Waals surface area contributed by atoms with Gasteiger partial charge in [0.25, 0.3) is 0 Å². The molecule has 4 aromatic rings. The number of aromatic nitrogens is 1. The van der Waals surface area contributed by atoms with Crippen LogP contribution in [0.1, 0.15) is 67.9 Å². The fourth-order valence-corrected chi connectivity index (χ4v) is 5.75. The van der Waals surface area contributed by atoms with E-state index in [1.54, 1.807) is 6.20 Å². The Kier molecular flexibility index (Phi) is 5.36. The quantitative estimate of drug-likeness (QED) is 0.183. The first-order chi connectivity index (χ1) is 20.4. The summed E-state index contributed by atoms with van der Waals surface area (Å²) in [5.74, 6) is 2.49. The van der Waals surface area contributed by atoms with Gasteiger partial charge in [-0.05, 0) is 71.2 Å². The van der Waals surface area contributed by atoms with Crippen LogP contribution in [-0.2, 0) is 10.8 Å². The number of hydrogen-bond acceptors (Lipinski definition) is 3. The Labute approximate surface area is 249 Å². The van der Waals surface area contributed by atoms with Crippen LogP contribution in [0.3, 0.4) is 0 Å². The number of ether oxygens (including phenoxy) is 2. The SMILES string of the molecule is [2H]C([2H])([2H])[N@+]12[CH-][N@+](c3cc(Oc4cccc(Oc5cc(C(C)(C)C)ccn5)c4)cc(C(C)(C)C)c3)(C1)c1cc(C)c(C)cc12. The zero-order valence-electron chi connectivity index (χ0n) is 28.4. The van der Waals surface area contributed by atoms with E-state index in [1.165, 1.54) is 0 Å². The summed E-state index contributed by atoms with van der Waals surface area (Å²) in [4.78, 5) is 4.41. The number of benzene rings is 3. The summed E-state index contributed by atoms with van der Waals surface area (Å²) < 4.78 is 38.3. The number of rotatable bonds is 5. The number of hydrogen-bond donors (Lipinski definition) is 0. The molecule has 5 heteroatoms. The summed E-state index contributed by atoms with van der Waals surface area (Å²) in [6.45, 7) is 17.3. The number of nitrogens with zero attached hydrogens (tertiary/aromatic N) is 3. The molecule has 3 aromatic carbocycles. The maximum Gasteiger partial charge on any atom is 0.219 e. The minimum atomic E-state index is -2.20. The van der Waals surface area contributed by atoms with Crippen molar-refractivity contribution in [1.82, 2.24) is 14.0 Å². The van der Waals surface area contributed by atoms with Crippen molar-refractivity contribution in [2.75, 3.05) is 13.6 Å². The molecule has 41 heavy (non-hydrogen) atoms. The lowest BCUT2D eigenvalue weighted by Gasteiger charge is -2.55. The van der Waals surface area contributed by atoms with Crippen LogP contribution in [0.25, 0.3) is 0 Å². The molecule has 4 heterocycles. The monoisotopic (exact) mass is 551 g/mol. The molecule has 3 aliphatic rings. The van der Waals surface area contributed by atoms with E-state index in [9.17, 15) is 0 Å². The summed E-state index contributed by atoms with van der Waals surface area (Å²) in [7, 11) is 0. The zero-order chi connectivity index (χ0) is 31.9. The van der Waals surface area contributed by atoms with Crippen LogP contribution < -0.4 is 18.4 Å². The first kappa shape index (κ1) is 24.0.